The van der Waals surface area contributed by atoms with Crippen molar-refractivity contribution in [1.82, 2.24) is 0 Å². The third kappa shape index (κ3) is 3.87. The van der Waals surface area contributed by atoms with Crippen molar-refractivity contribution in [3.63, 3.8) is 0 Å². The van der Waals surface area contributed by atoms with Gasteiger partial charge in [0, 0.05) is 6.00 Å². The van der Waals surface area contributed by atoms with E-state index in [4.69, 9.17) is 26.8 Å². The van der Waals surface area contributed by atoms with Crippen LogP contribution in [0.4, 0.5) is 0 Å². The Hall–Kier alpha value is -2.64. The maximum atomic E-state index is 12.9. The van der Waals surface area contributed by atoms with Gasteiger partial charge < -0.3 is 18.9 Å². The van der Waals surface area contributed by atoms with Gasteiger partial charge in [0.25, 0.3) is 0 Å². The maximum absolute atomic E-state index is 12.9. The van der Waals surface area contributed by atoms with Crippen molar-refractivity contribution < 1.29 is 28.5 Å². The van der Waals surface area contributed by atoms with Crippen LogP contribution in [0.5, 0.6) is 0 Å². The molecule has 0 aromatic heterocycles. The van der Waals surface area contributed by atoms with Crippen LogP contribution in [0.3, 0.4) is 0 Å². The number of esters is 2. The van der Waals surface area contributed by atoms with E-state index in [9.17, 15) is 9.59 Å². The Morgan fingerprint density at radius 1 is 1.03 bits per heavy atom. The third-order valence-electron chi connectivity index (χ3n) is 5.82. The molecule has 3 unspecified atom stereocenters. The number of benzene rings is 2. The molecule has 2 heterocycles. The summed E-state index contributed by atoms with van der Waals surface area (Å²) in [5.41, 5.74) is 0.539. The van der Waals surface area contributed by atoms with E-state index in [0.29, 0.717) is 0 Å². The molecule has 2 aromatic carbocycles. The summed E-state index contributed by atoms with van der Waals surface area (Å²) in [5, 5.41) is 0. The second-order valence-corrected chi connectivity index (χ2v) is 7.70. The molecule has 30 heavy (non-hydrogen) atoms. The summed E-state index contributed by atoms with van der Waals surface area (Å²) in [6.07, 6.45) is -0.655. The molecule has 2 radical (unpaired) electrons. The molecule has 2 aliphatic heterocycles. The van der Waals surface area contributed by atoms with E-state index in [-0.39, 0.29) is 19.8 Å². The zero-order valence-corrected chi connectivity index (χ0v) is 16.7. The Morgan fingerprint density at radius 3 is 2.17 bits per heavy atom. The minimum Gasteiger partial charge on any atom is -0.461 e. The number of carbonyl (C=O) groups is 2. The van der Waals surface area contributed by atoms with Crippen LogP contribution in [0, 0.1) is 11.8 Å². The number of ether oxygens (including phenoxy) is 4. The van der Waals surface area contributed by atoms with Crippen LogP contribution in [0.25, 0.3) is 0 Å². The van der Waals surface area contributed by atoms with Gasteiger partial charge in [-0.25, -0.2) is 0 Å². The molecule has 0 N–H and O–H groups in total. The fourth-order valence-electron chi connectivity index (χ4n) is 4.10. The summed E-state index contributed by atoms with van der Waals surface area (Å²) in [5.74, 6) is -2.51. The number of hydrogen-bond donors (Lipinski definition) is 0. The van der Waals surface area contributed by atoms with Gasteiger partial charge in [-0.2, -0.15) is 0 Å². The van der Waals surface area contributed by atoms with Gasteiger partial charge >= 0.3 is 11.9 Å². The van der Waals surface area contributed by atoms with E-state index in [2.05, 4.69) is 0 Å². The molecule has 2 fully saturated rings. The Balaban J connectivity index is 1.45. The van der Waals surface area contributed by atoms with E-state index < -0.39 is 41.5 Å². The summed E-state index contributed by atoms with van der Waals surface area (Å²) in [4.78, 5) is 25.7. The topological polar surface area (TPSA) is 71.1 Å². The van der Waals surface area contributed by atoms with Crippen molar-refractivity contribution in [3.05, 3.63) is 71.8 Å². The number of rotatable bonds is 7. The molecule has 2 bridgehead atoms. The minimum atomic E-state index is -1.20. The summed E-state index contributed by atoms with van der Waals surface area (Å²) in [7, 11) is 6.04. The summed E-state index contributed by atoms with van der Waals surface area (Å²) >= 11 is 0. The number of hydrogen-bond acceptors (Lipinski definition) is 6. The van der Waals surface area contributed by atoms with Crippen molar-refractivity contribution in [2.75, 3.05) is 6.61 Å². The molecule has 6 nitrogen and oxygen atoms in total. The lowest BCUT2D eigenvalue weighted by atomic mass is 9.78. The normalized spacial score (nSPS) is 28.1. The monoisotopic (exact) mass is 406 g/mol. The molecular weight excluding hydrogens is 383 g/mol. The molecule has 2 saturated heterocycles. The smallest absolute Gasteiger partial charge is 0.315 e. The highest BCUT2D eigenvalue weighted by Crippen LogP contribution is 2.49. The highest BCUT2D eigenvalue weighted by molar-refractivity contribution is 6.12. The first-order valence-electron chi connectivity index (χ1n) is 9.97. The Kier molecular flexibility index (Phi) is 5.93. The minimum absolute atomic E-state index is 0.0814. The average molecular weight is 406 g/mol. The fourth-order valence-corrected chi connectivity index (χ4v) is 4.10. The lowest BCUT2D eigenvalue weighted by Gasteiger charge is -2.34. The first kappa shape index (κ1) is 20.6. The van der Waals surface area contributed by atoms with Crippen LogP contribution in [0.1, 0.15) is 18.1 Å². The van der Waals surface area contributed by atoms with Crippen LogP contribution in [-0.4, -0.2) is 44.1 Å². The standard InChI is InChI=1S/C23H23BO6/c1-15(21(25)27-12-16-8-4-2-5-9-16)23-14-29-19(20(24)30-23)18(23)22(26)28-13-17-10-6-3-7-11-17/h2-11,15,18-20H,12-14H2,1H3/t15?,18?,19?,20-,23-/m1/s1. The molecule has 2 aromatic rings. The van der Waals surface area contributed by atoms with Gasteiger partial charge in [-0.1, -0.05) is 60.7 Å². The fraction of sp³-hybridized carbons (Fsp3) is 0.391. The van der Waals surface area contributed by atoms with Gasteiger partial charge in [0.2, 0.25) is 0 Å². The number of carbonyl (C=O) groups excluding carboxylic acids is 2. The van der Waals surface area contributed by atoms with Crippen molar-refractivity contribution in [1.29, 1.82) is 0 Å². The first-order valence-corrected chi connectivity index (χ1v) is 9.97. The lowest BCUT2D eigenvalue weighted by Crippen LogP contribution is -2.50. The Bertz CT molecular complexity index is 889. The SMILES string of the molecule is [B][C@@H]1O[C@@]2(C(C)C(=O)OCc3ccccc3)COC1C2C(=O)OCc1ccccc1. The summed E-state index contributed by atoms with van der Waals surface area (Å²) < 4.78 is 22.6. The van der Waals surface area contributed by atoms with Crippen molar-refractivity contribution in [3.8, 4) is 0 Å². The quantitative estimate of drug-likeness (QED) is 0.520. The predicted octanol–water partition coefficient (Wildman–Crippen LogP) is 2.39. The lowest BCUT2D eigenvalue weighted by molar-refractivity contribution is -0.178. The zero-order valence-electron chi connectivity index (χ0n) is 16.7. The Morgan fingerprint density at radius 2 is 1.60 bits per heavy atom. The second-order valence-electron chi connectivity index (χ2n) is 7.70. The van der Waals surface area contributed by atoms with Crippen LogP contribution < -0.4 is 0 Å². The van der Waals surface area contributed by atoms with Crippen LogP contribution in [0.15, 0.2) is 60.7 Å². The maximum Gasteiger partial charge on any atom is 0.315 e. The molecule has 7 heteroatoms. The molecule has 154 valence electrons. The zero-order chi connectivity index (χ0) is 21.1. The molecule has 0 aliphatic carbocycles. The molecule has 4 rings (SSSR count). The van der Waals surface area contributed by atoms with Crippen LogP contribution in [-0.2, 0) is 41.8 Å². The van der Waals surface area contributed by atoms with Gasteiger partial charge in [-0.3, -0.25) is 9.59 Å². The summed E-state index contributed by atoms with van der Waals surface area (Å²) in [6.45, 7) is 2.02. The van der Waals surface area contributed by atoms with Crippen molar-refractivity contribution in [2.24, 2.45) is 11.8 Å². The van der Waals surface area contributed by atoms with E-state index in [1.807, 2.05) is 60.7 Å². The van der Waals surface area contributed by atoms with Crippen molar-refractivity contribution >= 4 is 19.8 Å². The first-order chi connectivity index (χ1) is 14.5. The average Bonchev–Trinajstić information content (AvgIpc) is 3.30. The van der Waals surface area contributed by atoms with Crippen LogP contribution >= 0.6 is 0 Å². The molecule has 5 atom stereocenters. The van der Waals surface area contributed by atoms with Gasteiger partial charge in [-0.15, -0.1) is 0 Å². The molecule has 0 spiro atoms. The van der Waals surface area contributed by atoms with E-state index >= 15 is 0 Å². The molecule has 2 aliphatic rings. The third-order valence-corrected chi connectivity index (χ3v) is 5.82. The Labute approximate surface area is 176 Å². The second kappa shape index (κ2) is 8.62. The van der Waals surface area contributed by atoms with Crippen molar-refractivity contribution in [2.45, 2.75) is 37.8 Å². The molecular formula is C23H23BO6. The van der Waals surface area contributed by atoms with Gasteiger partial charge in [0.05, 0.1) is 18.6 Å². The highest BCUT2D eigenvalue weighted by Gasteiger charge is 2.67. The molecule has 0 saturated carbocycles. The predicted molar refractivity (Wildman–Crippen MR) is 108 cm³/mol. The van der Waals surface area contributed by atoms with Crippen LogP contribution in [0.2, 0.25) is 0 Å². The summed E-state index contributed by atoms with van der Waals surface area (Å²) in [6, 6.07) is 17.9. The van der Waals surface area contributed by atoms with Gasteiger partial charge in [-0.05, 0) is 18.1 Å². The molecule has 0 amide bonds. The highest BCUT2D eigenvalue weighted by atomic mass is 16.6. The van der Waals surface area contributed by atoms with E-state index in [1.165, 1.54) is 0 Å². The van der Waals surface area contributed by atoms with E-state index in [1.54, 1.807) is 6.92 Å². The van der Waals surface area contributed by atoms with Gasteiger partial charge in [0.15, 0.2) is 0 Å². The number of fused-ring (bicyclic) bond motifs is 2. The van der Waals surface area contributed by atoms with E-state index in [0.717, 1.165) is 11.1 Å². The van der Waals surface area contributed by atoms with Gasteiger partial charge in [0.1, 0.15) is 32.6 Å². The largest absolute Gasteiger partial charge is 0.461 e.